The lowest BCUT2D eigenvalue weighted by atomic mass is 9.85. The predicted molar refractivity (Wildman–Crippen MR) is 91.8 cm³/mol. The molecule has 1 aliphatic rings. The van der Waals surface area contributed by atoms with Gasteiger partial charge in [-0.15, -0.1) is 0 Å². The van der Waals surface area contributed by atoms with Crippen molar-refractivity contribution in [1.82, 2.24) is 10.2 Å². The molecule has 1 saturated heterocycles. The summed E-state index contributed by atoms with van der Waals surface area (Å²) >= 11 is 6.15. The van der Waals surface area contributed by atoms with Gasteiger partial charge in [0.2, 0.25) is 0 Å². The Bertz CT molecular complexity index is 454. The van der Waals surface area contributed by atoms with Gasteiger partial charge < -0.3 is 5.32 Å². The van der Waals surface area contributed by atoms with E-state index in [0.717, 1.165) is 24.7 Å². The second-order valence-corrected chi connectivity index (χ2v) is 7.11. The van der Waals surface area contributed by atoms with Crippen LogP contribution in [0.5, 0.6) is 0 Å². The maximum absolute atomic E-state index is 6.15. The zero-order valence-corrected chi connectivity index (χ0v) is 14.6. The van der Waals surface area contributed by atoms with Crippen molar-refractivity contribution in [2.75, 3.05) is 13.1 Å². The van der Waals surface area contributed by atoms with Crippen LogP contribution in [-0.2, 0) is 6.54 Å². The van der Waals surface area contributed by atoms with Crippen molar-refractivity contribution in [2.24, 2.45) is 5.92 Å². The summed E-state index contributed by atoms with van der Waals surface area (Å²) in [6.45, 7) is 12.4. The molecule has 1 heterocycles. The Morgan fingerprint density at radius 2 is 2.05 bits per heavy atom. The minimum absolute atomic E-state index is 0.272. The molecular formula is C18H29ClN2. The highest BCUT2D eigenvalue weighted by Crippen LogP contribution is 2.30. The van der Waals surface area contributed by atoms with Gasteiger partial charge in [0.05, 0.1) is 0 Å². The van der Waals surface area contributed by atoms with Crippen LogP contribution in [0.3, 0.4) is 0 Å². The molecule has 0 radical (unpaired) electrons. The maximum atomic E-state index is 6.15. The zero-order chi connectivity index (χ0) is 15.5. The molecule has 0 amide bonds. The summed E-state index contributed by atoms with van der Waals surface area (Å²) in [6.07, 6.45) is 2.36. The van der Waals surface area contributed by atoms with Crippen LogP contribution in [0.2, 0.25) is 5.02 Å². The molecule has 21 heavy (non-hydrogen) atoms. The Balaban J connectivity index is 2.20. The van der Waals surface area contributed by atoms with Crippen molar-refractivity contribution in [3.05, 3.63) is 34.9 Å². The predicted octanol–water partition coefficient (Wildman–Crippen LogP) is 4.33. The van der Waals surface area contributed by atoms with E-state index < -0.39 is 0 Å². The van der Waals surface area contributed by atoms with Gasteiger partial charge >= 0.3 is 0 Å². The minimum atomic E-state index is 0.272. The van der Waals surface area contributed by atoms with Gasteiger partial charge in [0, 0.05) is 36.2 Å². The van der Waals surface area contributed by atoms with E-state index in [2.05, 4.69) is 56.1 Å². The van der Waals surface area contributed by atoms with Gasteiger partial charge in [0.15, 0.2) is 0 Å². The van der Waals surface area contributed by atoms with Gasteiger partial charge in [-0.05, 0) is 36.5 Å². The molecule has 0 bridgehead atoms. The first-order chi connectivity index (χ1) is 10.0. The highest BCUT2D eigenvalue weighted by Gasteiger charge is 2.39. The summed E-state index contributed by atoms with van der Waals surface area (Å²) in [7, 11) is 0. The van der Waals surface area contributed by atoms with Crippen LogP contribution in [0.1, 0.15) is 46.1 Å². The van der Waals surface area contributed by atoms with E-state index in [-0.39, 0.29) is 5.54 Å². The number of rotatable bonds is 5. The highest BCUT2D eigenvalue weighted by molar-refractivity contribution is 6.30. The molecule has 1 aliphatic heterocycles. The third kappa shape index (κ3) is 3.80. The van der Waals surface area contributed by atoms with E-state index in [0.29, 0.717) is 12.0 Å². The van der Waals surface area contributed by atoms with E-state index in [4.69, 9.17) is 11.6 Å². The molecule has 2 rings (SSSR count). The van der Waals surface area contributed by atoms with Gasteiger partial charge in [0.1, 0.15) is 0 Å². The molecular weight excluding hydrogens is 280 g/mol. The standard InChI is InChI=1S/C18H29ClN2/c1-5-18(6-2)13-20-17(14(3)4)12-21(18)11-15-8-7-9-16(19)10-15/h7-10,14,17,20H,5-6,11-13H2,1-4H3. The zero-order valence-electron chi connectivity index (χ0n) is 13.8. The summed E-state index contributed by atoms with van der Waals surface area (Å²) in [4.78, 5) is 2.68. The van der Waals surface area contributed by atoms with Crippen molar-refractivity contribution in [3.63, 3.8) is 0 Å². The van der Waals surface area contributed by atoms with Crippen LogP contribution in [0, 0.1) is 5.92 Å². The number of nitrogens with one attached hydrogen (secondary N) is 1. The van der Waals surface area contributed by atoms with Crippen molar-refractivity contribution in [3.8, 4) is 0 Å². The molecule has 1 aromatic rings. The van der Waals surface area contributed by atoms with Crippen LogP contribution >= 0.6 is 11.6 Å². The van der Waals surface area contributed by atoms with Crippen molar-refractivity contribution in [2.45, 2.75) is 58.7 Å². The van der Waals surface area contributed by atoms with Crippen LogP contribution in [0.4, 0.5) is 0 Å². The molecule has 1 aromatic carbocycles. The Kier molecular flexibility index (Phi) is 5.70. The second kappa shape index (κ2) is 7.13. The first-order valence-corrected chi connectivity index (χ1v) is 8.61. The highest BCUT2D eigenvalue weighted by atomic mass is 35.5. The fourth-order valence-corrected chi connectivity index (χ4v) is 3.62. The number of nitrogens with zero attached hydrogens (tertiary/aromatic N) is 1. The number of benzene rings is 1. The Morgan fingerprint density at radius 1 is 1.33 bits per heavy atom. The minimum Gasteiger partial charge on any atom is -0.311 e. The molecule has 1 fully saturated rings. The summed E-state index contributed by atoms with van der Waals surface area (Å²) < 4.78 is 0. The first-order valence-electron chi connectivity index (χ1n) is 8.23. The summed E-state index contributed by atoms with van der Waals surface area (Å²) in [5.74, 6) is 0.665. The van der Waals surface area contributed by atoms with Crippen LogP contribution in [-0.4, -0.2) is 29.6 Å². The summed E-state index contributed by atoms with van der Waals surface area (Å²) in [5, 5.41) is 4.61. The largest absolute Gasteiger partial charge is 0.311 e. The fourth-order valence-electron chi connectivity index (χ4n) is 3.41. The Labute approximate surface area is 134 Å². The van der Waals surface area contributed by atoms with Crippen molar-refractivity contribution in [1.29, 1.82) is 0 Å². The smallest absolute Gasteiger partial charge is 0.0409 e. The molecule has 0 aliphatic carbocycles. The van der Waals surface area contributed by atoms with Crippen molar-refractivity contribution < 1.29 is 0 Å². The molecule has 0 aromatic heterocycles. The first kappa shape index (κ1) is 16.8. The summed E-state index contributed by atoms with van der Waals surface area (Å²) in [6, 6.07) is 8.88. The maximum Gasteiger partial charge on any atom is 0.0409 e. The lowest BCUT2D eigenvalue weighted by Gasteiger charge is -2.50. The van der Waals surface area contributed by atoms with Gasteiger partial charge in [-0.1, -0.05) is 51.4 Å². The van der Waals surface area contributed by atoms with E-state index >= 15 is 0 Å². The molecule has 0 spiro atoms. The fraction of sp³-hybridized carbons (Fsp3) is 0.667. The Hall–Kier alpha value is -0.570. The molecule has 3 heteroatoms. The second-order valence-electron chi connectivity index (χ2n) is 6.67. The molecule has 0 saturated carbocycles. The lowest BCUT2D eigenvalue weighted by molar-refractivity contribution is 0.0156. The monoisotopic (exact) mass is 308 g/mol. The topological polar surface area (TPSA) is 15.3 Å². The molecule has 1 N–H and O–H groups in total. The lowest BCUT2D eigenvalue weighted by Crippen LogP contribution is -2.64. The summed E-state index contributed by atoms with van der Waals surface area (Å²) in [5.41, 5.74) is 1.59. The van der Waals surface area contributed by atoms with E-state index in [9.17, 15) is 0 Å². The van der Waals surface area contributed by atoms with Crippen LogP contribution in [0.15, 0.2) is 24.3 Å². The van der Waals surface area contributed by atoms with Crippen molar-refractivity contribution >= 4 is 11.6 Å². The number of hydrogen-bond acceptors (Lipinski definition) is 2. The Morgan fingerprint density at radius 3 is 2.62 bits per heavy atom. The van der Waals surface area contributed by atoms with Crippen LogP contribution < -0.4 is 5.32 Å². The third-order valence-corrected chi connectivity index (χ3v) is 5.40. The number of piperazine rings is 1. The SMILES string of the molecule is CCC1(CC)CNC(C(C)C)CN1Cc1cccc(Cl)c1. The van der Waals surface area contributed by atoms with Gasteiger partial charge in [0.25, 0.3) is 0 Å². The van der Waals surface area contributed by atoms with E-state index in [1.54, 1.807) is 0 Å². The average molecular weight is 309 g/mol. The average Bonchev–Trinajstić information content (AvgIpc) is 2.47. The third-order valence-electron chi connectivity index (χ3n) is 5.16. The molecule has 118 valence electrons. The number of hydrogen-bond donors (Lipinski definition) is 1. The van der Waals surface area contributed by atoms with E-state index in [1.807, 2.05) is 6.07 Å². The van der Waals surface area contributed by atoms with Gasteiger partial charge in [-0.3, -0.25) is 4.90 Å². The quantitative estimate of drug-likeness (QED) is 0.871. The molecule has 2 nitrogen and oxygen atoms in total. The molecule has 1 atom stereocenters. The molecule has 1 unspecified atom stereocenters. The van der Waals surface area contributed by atoms with Gasteiger partial charge in [-0.25, -0.2) is 0 Å². The van der Waals surface area contributed by atoms with Gasteiger partial charge in [-0.2, -0.15) is 0 Å². The normalized spacial score (nSPS) is 22.7. The van der Waals surface area contributed by atoms with Crippen LogP contribution in [0.25, 0.3) is 0 Å². The number of halogens is 1. The van der Waals surface area contributed by atoms with E-state index in [1.165, 1.54) is 18.4 Å².